The summed E-state index contributed by atoms with van der Waals surface area (Å²) in [6.07, 6.45) is 2.15. The summed E-state index contributed by atoms with van der Waals surface area (Å²) in [5.74, 6) is -0.348. The van der Waals surface area contributed by atoms with Crippen molar-refractivity contribution < 1.29 is 9.53 Å². The Morgan fingerprint density at radius 3 is 2.88 bits per heavy atom. The number of nitrogens with two attached hydrogens (primary N) is 2. The maximum absolute atomic E-state index is 11.2. The van der Waals surface area contributed by atoms with Crippen molar-refractivity contribution in [3.05, 3.63) is 5.56 Å². The standard InChI is InChI=1S/C9H14N4O2S/c1-15-5-2-4(3-5)12-9-6(8(11)14)7(10)13-16-9/h4-5,12H,2-3H2,1H3,(H2,10,13)(H2,11,14). The second-order valence-electron chi connectivity index (χ2n) is 3.81. The summed E-state index contributed by atoms with van der Waals surface area (Å²) in [7, 11) is 1.69. The molecule has 2 rings (SSSR count). The molecule has 0 bridgehead atoms. The first-order valence-electron chi connectivity index (χ1n) is 4.96. The van der Waals surface area contributed by atoms with E-state index in [9.17, 15) is 4.79 Å². The predicted molar refractivity (Wildman–Crippen MR) is 62.5 cm³/mol. The van der Waals surface area contributed by atoms with E-state index in [1.54, 1.807) is 7.11 Å². The summed E-state index contributed by atoms with van der Waals surface area (Å²) in [6.45, 7) is 0. The van der Waals surface area contributed by atoms with Gasteiger partial charge < -0.3 is 21.5 Å². The molecule has 16 heavy (non-hydrogen) atoms. The molecule has 1 amide bonds. The van der Waals surface area contributed by atoms with Crippen molar-refractivity contribution in [2.45, 2.75) is 25.0 Å². The Morgan fingerprint density at radius 1 is 1.62 bits per heavy atom. The van der Waals surface area contributed by atoms with Crippen molar-refractivity contribution in [3.8, 4) is 0 Å². The topological polar surface area (TPSA) is 103 Å². The van der Waals surface area contributed by atoms with Gasteiger partial charge in [0, 0.05) is 13.2 Å². The molecule has 1 aliphatic carbocycles. The first-order chi connectivity index (χ1) is 7.61. The molecule has 5 N–H and O–H groups in total. The number of rotatable bonds is 4. The number of primary amides is 1. The smallest absolute Gasteiger partial charge is 0.255 e. The molecule has 1 heterocycles. The molecule has 6 nitrogen and oxygen atoms in total. The molecule has 88 valence electrons. The number of nitrogens with one attached hydrogen (secondary N) is 1. The van der Waals surface area contributed by atoms with Crippen LogP contribution in [0.1, 0.15) is 23.2 Å². The van der Waals surface area contributed by atoms with E-state index >= 15 is 0 Å². The molecule has 1 aromatic heterocycles. The zero-order chi connectivity index (χ0) is 11.7. The van der Waals surface area contributed by atoms with Crippen LogP contribution in [0.3, 0.4) is 0 Å². The number of methoxy groups -OCH3 is 1. The molecule has 0 aliphatic heterocycles. The third kappa shape index (κ3) is 1.96. The van der Waals surface area contributed by atoms with Crippen LogP contribution in [0.2, 0.25) is 0 Å². The Morgan fingerprint density at radius 2 is 2.31 bits per heavy atom. The largest absolute Gasteiger partial charge is 0.382 e. The monoisotopic (exact) mass is 242 g/mol. The molecule has 1 saturated carbocycles. The van der Waals surface area contributed by atoms with Gasteiger partial charge in [-0.3, -0.25) is 4.79 Å². The van der Waals surface area contributed by atoms with Crippen molar-refractivity contribution in [1.82, 2.24) is 4.37 Å². The summed E-state index contributed by atoms with van der Waals surface area (Å²) < 4.78 is 9.08. The van der Waals surface area contributed by atoms with Gasteiger partial charge in [0.2, 0.25) is 0 Å². The van der Waals surface area contributed by atoms with E-state index in [2.05, 4.69) is 9.69 Å². The average Bonchev–Trinajstić information content (AvgIpc) is 2.52. The van der Waals surface area contributed by atoms with E-state index in [1.807, 2.05) is 0 Å². The van der Waals surface area contributed by atoms with Crippen molar-refractivity contribution in [3.63, 3.8) is 0 Å². The van der Waals surface area contributed by atoms with Gasteiger partial charge >= 0.3 is 0 Å². The Labute approximate surface area is 97.1 Å². The Balaban J connectivity index is 2.03. The minimum atomic E-state index is -0.545. The molecule has 7 heteroatoms. The first kappa shape index (κ1) is 11.2. The summed E-state index contributed by atoms with van der Waals surface area (Å²) >= 11 is 1.16. The number of aromatic nitrogens is 1. The average molecular weight is 242 g/mol. The zero-order valence-electron chi connectivity index (χ0n) is 8.90. The zero-order valence-corrected chi connectivity index (χ0v) is 9.71. The highest BCUT2D eigenvalue weighted by Crippen LogP contribution is 2.32. The van der Waals surface area contributed by atoms with Gasteiger partial charge in [-0.25, -0.2) is 0 Å². The number of nitrogens with zero attached hydrogens (tertiary/aromatic N) is 1. The third-order valence-electron chi connectivity index (χ3n) is 2.73. The number of amides is 1. The van der Waals surface area contributed by atoms with E-state index in [4.69, 9.17) is 16.2 Å². The normalized spacial score (nSPS) is 23.8. The molecule has 0 aromatic carbocycles. The molecule has 1 aliphatic rings. The van der Waals surface area contributed by atoms with Gasteiger partial charge in [0.1, 0.15) is 10.6 Å². The van der Waals surface area contributed by atoms with Crippen LogP contribution < -0.4 is 16.8 Å². The highest BCUT2D eigenvalue weighted by molar-refractivity contribution is 7.11. The summed E-state index contributed by atoms with van der Waals surface area (Å²) in [6, 6.07) is 0.308. The van der Waals surface area contributed by atoms with Crippen LogP contribution in [-0.4, -0.2) is 29.5 Å². The Bertz CT molecular complexity index is 400. The van der Waals surface area contributed by atoms with Gasteiger partial charge in [0.05, 0.1) is 6.10 Å². The maximum Gasteiger partial charge on any atom is 0.255 e. The number of anilines is 2. The molecule has 0 spiro atoms. The van der Waals surface area contributed by atoms with Crippen molar-refractivity contribution in [2.24, 2.45) is 5.73 Å². The van der Waals surface area contributed by atoms with E-state index in [0.29, 0.717) is 22.7 Å². The number of ether oxygens (including phenoxy) is 1. The van der Waals surface area contributed by atoms with Crippen LogP contribution in [-0.2, 0) is 4.74 Å². The van der Waals surface area contributed by atoms with E-state index in [-0.39, 0.29) is 5.82 Å². The molecule has 0 saturated heterocycles. The fourth-order valence-corrected chi connectivity index (χ4v) is 2.50. The van der Waals surface area contributed by atoms with Crippen LogP contribution in [0.25, 0.3) is 0 Å². The molecule has 0 atom stereocenters. The van der Waals surface area contributed by atoms with Gasteiger partial charge in [0.25, 0.3) is 5.91 Å². The lowest BCUT2D eigenvalue weighted by molar-refractivity contribution is 0.0329. The second-order valence-corrected chi connectivity index (χ2v) is 4.58. The Kier molecular flexibility index (Phi) is 2.97. The fraction of sp³-hybridized carbons (Fsp3) is 0.556. The minimum Gasteiger partial charge on any atom is -0.382 e. The Hall–Kier alpha value is -1.34. The number of nitrogen functional groups attached to an aromatic ring is 1. The summed E-state index contributed by atoms with van der Waals surface area (Å²) in [4.78, 5) is 11.2. The number of hydrogen-bond donors (Lipinski definition) is 3. The minimum absolute atomic E-state index is 0.197. The lowest BCUT2D eigenvalue weighted by Gasteiger charge is -2.34. The van der Waals surface area contributed by atoms with E-state index in [0.717, 1.165) is 24.4 Å². The molecular formula is C9H14N4O2S. The van der Waals surface area contributed by atoms with Crippen LogP contribution in [0.5, 0.6) is 0 Å². The fourth-order valence-electron chi connectivity index (χ4n) is 1.70. The second kappa shape index (κ2) is 4.26. The third-order valence-corrected chi connectivity index (χ3v) is 3.52. The quantitative estimate of drug-likeness (QED) is 0.709. The van der Waals surface area contributed by atoms with Gasteiger partial charge in [-0.15, -0.1) is 0 Å². The van der Waals surface area contributed by atoms with Crippen LogP contribution in [0.15, 0.2) is 0 Å². The molecular weight excluding hydrogens is 228 g/mol. The molecule has 0 unspecified atom stereocenters. The van der Waals surface area contributed by atoms with E-state index in [1.165, 1.54) is 0 Å². The van der Waals surface area contributed by atoms with Gasteiger partial charge in [-0.2, -0.15) is 4.37 Å². The molecule has 0 radical (unpaired) electrons. The highest BCUT2D eigenvalue weighted by Gasteiger charge is 2.30. The predicted octanol–water partition coefficient (Wildman–Crippen LogP) is 0.414. The SMILES string of the molecule is COC1CC(Nc2snc(N)c2C(N)=O)C1. The van der Waals surface area contributed by atoms with Crippen LogP contribution in [0.4, 0.5) is 10.8 Å². The van der Waals surface area contributed by atoms with Crippen LogP contribution in [0, 0.1) is 0 Å². The summed E-state index contributed by atoms with van der Waals surface area (Å²) in [5, 5.41) is 3.87. The number of carbonyl (C=O) groups excluding carboxylic acids is 1. The van der Waals surface area contributed by atoms with Crippen molar-refractivity contribution >= 4 is 28.3 Å². The van der Waals surface area contributed by atoms with Crippen molar-refractivity contribution in [1.29, 1.82) is 0 Å². The van der Waals surface area contributed by atoms with E-state index < -0.39 is 5.91 Å². The number of hydrogen-bond acceptors (Lipinski definition) is 6. The summed E-state index contributed by atoms with van der Waals surface area (Å²) in [5.41, 5.74) is 11.1. The molecule has 1 aromatic rings. The van der Waals surface area contributed by atoms with Crippen molar-refractivity contribution in [2.75, 3.05) is 18.2 Å². The lowest BCUT2D eigenvalue weighted by atomic mass is 9.89. The van der Waals surface area contributed by atoms with Gasteiger partial charge in [-0.05, 0) is 24.4 Å². The van der Waals surface area contributed by atoms with Crippen LogP contribution >= 0.6 is 11.5 Å². The molecule has 1 fully saturated rings. The van der Waals surface area contributed by atoms with Gasteiger partial charge in [-0.1, -0.05) is 0 Å². The highest BCUT2D eigenvalue weighted by atomic mass is 32.1. The lowest BCUT2D eigenvalue weighted by Crippen LogP contribution is -2.40. The maximum atomic E-state index is 11.2. The first-order valence-corrected chi connectivity index (χ1v) is 5.73. The number of carbonyl (C=O) groups is 1. The van der Waals surface area contributed by atoms with Gasteiger partial charge in [0.15, 0.2) is 5.82 Å².